The molecule has 2 atom stereocenters. The molecule has 0 fully saturated rings. The van der Waals surface area contributed by atoms with Crippen LogP contribution in [0.25, 0.3) is 0 Å². The van der Waals surface area contributed by atoms with Crippen molar-refractivity contribution in [1.82, 2.24) is 10.2 Å². The quantitative estimate of drug-likeness (QED) is 0.157. The molecule has 242 valence electrons. The normalized spacial score (nSPS) is 12.6. The van der Waals surface area contributed by atoms with Gasteiger partial charge >= 0.3 is 0 Å². The van der Waals surface area contributed by atoms with Gasteiger partial charge in [-0.2, -0.15) is 0 Å². The first-order valence-electron chi connectivity index (χ1n) is 14.9. The minimum atomic E-state index is -4.24. The van der Waals surface area contributed by atoms with Gasteiger partial charge in [0.1, 0.15) is 24.1 Å². The molecule has 0 bridgehead atoms. The number of sulfonamides is 1. The number of anilines is 1. The lowest BCUT2D eigenvalue weighted by atomic mass is 10.1. The van der Waals surface area contributed by atoms with Crippen molar-refractivity contribution in [1.29, 1.82) is 0 Å². The molecule has 0 radical (unpaired) electrons. The Morgan fingerprint density at radius 3 is 2.00 bits per heavy atom. The summed E-state index contributed by atoms with van der Waals surface area (Å²) in [6.07, 6.45) is 0.690. The first kappa shape index (κ1) is 34.8. The highest BCUT2D eigenvalue weighted by Gasteiger charge is 2.33. The van der Waals surface area contributed by atoms with Crippen LogP contribution in [0.15, 0.2) is 102 Å². The first-order chi connectivity index (χ1) is 21.9. The Bertz CT molecular complexity index is 1730. The van der Waals surface area contributed by atoms with Gasteiger partial charge in [-0.15, -0.1) is 0 Å². The van der Waals surface area contributed by atoms with E-state index < -0.39 is 28.5 Å². The predicted octanol–water partition coefficient (Wildman–Crippen LogP) is 7.62. The van der Waals surface area contributed by atoms with Crippen LogP contribution < -0.4 is 14.4 Å². The third kappa shape index (κ3) is 8.60. The Hall–Kier alpha value is -4.05. The molecule has 4 aromatic carbocycles. The van der Waals surface area contributed by atoms with E-state index in [0.29, 0.717) is 33.5 Å². The summed E-state index contributed by atoms with van der Waals surface area (Å²) in [7, 11) is -4.24. The standard InChI is InChI=1S/C35H37Cl2N3O5S/c1-5-25(3)38-35(42)26(4)39(22-31-32(36)12-9-13-33(31)37)34(41)23-40(46(43,44)30-20-14-24(2)15-21-30)27-16-18-29(19-17-27)45-28-10-7-6-8-11-28/h6-21,25-26H,5,22-23H2,1-4H3,(H,38,42)/t25-,26-/m1/s1. The van der Waals surface area contributed by atoms with Crippen molar-refractivity contribution in [3.05, 3.63) is 118 Å². The van der Waals surface area contributed by atoms with Gasteiger partial charge in [0.2, 0.25) is 11.8 Å². The smallest absolute Gasteiger partial charge is 0.264 e. The molecule has 2 amide bonds. The monoisotopic (exact) mass is 681 g/mol. The molecule has 0 aromatic heterocycles. The third-order valence-electron chi connectivity index (χ3n) is 7.55. The first-order valence-corrected chi connectivity index (χ1v) is 17.1. The molecule has 4 aromatic rings. The van der Waals surface area contributed by atoms with Crippen LogP contribution in [0.1, 0.15) is 38.3 Å². The molecule has 0 aliphatic carbocycles. The summed E-state index contributed by atoms with van der Waals surface area (Å²) >= 11 is 12.9. The molecular formula is C35H37Cl2N3O5S. The van der Waals surface area contributed by atoms with E-state index in [1.54, 1.807) is 73.7 Å². The summed E-state index contributed by atoms with van der Waals surface area (Å²) in [5.41, 5.74) is 1.56. The number of benzene rings is 4. The number of ether oxygens (including phenoxy) is 1. The van der Waals surface area contributed by atoms with Gasteiger partial charge in [-0.1, -0.05) is 72.1 Å². The molecule has 0 saturated carbocycles. The lowest BCUT2D eigenvalue weighted by Gasteiger charge is -2.33. The van der Waals surface area contributed by atoms with Crippen LogP contribution in [-0.2, 0) is 26.2 Å². The maximum Gasteiger partial charge on any atom is 0.264 e. The lowest BCUT2D eigenvalue weighted by molar-refractivity contribution is -0.139. The number of para-hydroxylation sites is 1. The van der Waals surface area contributed by atoms with E-state index in [-0.39, 0.29) is 29.1 Å². The Morgan fingerprint density at radius 1 is 0.826 bits per heavy atom. The summed E-state index contributed by atoms with van der Waals surface area (Å²) in [6, 6.07) is 25.8. The van der Waals surface area contributed by atoms with Gasteiger partial charge in [-0.25, -0.2) is 8.42 Å². The van der Waals surface area contributed by atoms with Crippen LogP contribution in [0.5, 0.6) is 11.5 Å². The predicted molar refractivity (Wildman–Crippen MR) is 183 cm³/mol. The van der Waals surface area contributed by atoms with Crippen molar-refractivity contribution in [2.45, 2.75) is 57.6 Å². The second-order valence-corrected chi connectivity index (χ2v) is 13.6. The van der Waals surface area contributed by atoms with Crippen LogP contribution in [-0.4, -0.2) is 43.8 Å². The number of halogens is 2. The number of amides is 2. The van der Waals surface area contributed by atoms with Gasteiger partial charge in [0, 0.05) is 28.2 Å². The molecular weight excluding hydrogens is 645 g/mol. The van der Waals surface area contributed by atoms with Gasteiger partial charge < -0.3 is 15.0 Å². The van der Waals surface area contributed by atoms with Gasteiger partial charge in [-0.3, -0.25) is 13.9 Å². The third-order valence-corrected chi connectivity index (χ3v) is 10.0. The number of hydrogen-bond donors (Lipinski definition) is 1. The maximum atomic E-state index is 14.2. The van der Waals surface area contributed by atoms with E-state index in [4.69, 9.17) is 27.9 Å². The van der Waals surface area contributed by atoms with Crippen LogP contribution in [0, 0.1) is 6.92 Å². The van der Waals surface area contributed by atoms with Gasteiger partial charge in [-0.05, 0) is 87.9 Å². The van der Waals surface area contributed by atoms with Crippen LogP contribution >= 0.6 is 23.2 Å². The summed E-state index contributed by atoms with van der Waals surface area (Å²) in [5.74, 6) is 0.0942. The molecule has 0 spiro atoms. The molecule has 0 heterocycles. The van der Waals surface area contributed by atoms with Crippen molar-refractivity contribution in [3.63, 3.8) is 0 Å². The van der Waals surface area contributed by atoms with E-state index in [9.17, 15) is 18.0 Å². The highest BCUT2D eigenvalue weighted by atomic mass is 35.5. The average Bonchev–Trinajstić information content (AvgIpc) is 3.04. The summed E-state index contributed by atoms with van der Waals surface area (Å²) in [5, 5.41) is 3.54. The van der Waals surface area contributed by atoms with E-state index in [2.05, 4.69) is 5.32 Å². The van der Waals surface area contributed by atoms with E-state index in [1.807, 2.05) is 39.0 Å². The summed E-state index contributed by atoms with van der Waals surface area (Å²) in [6.45, 7) is 6.53. The van der Waals surface area contributed by atoms with Crippen molar-refractivity contribution >= 4 is 50.7 Å². The second-order valence-electron chi connectivity index (χ2n) is 10.9. The van der Waals surface area contributed by atoms with Gasteiger partial charge in [0.05, 0.1) is 10.6 Å². The zero-order chi connectivity index (χ0) is 33.4. The lowest BCUT2D eigenvalue weighted by Crippen LogP contribution is -2.52. The fraction of sp³-hybridized carbons (Fsp3) is 0.257. The average molecular weight is 683 g/mol. The van der Waals surface area contributed by atoms with Gasteiger partial charge in [0.25, 0.3) is 10.0 Å². The molecule has 0 aliphatic heterocycles. The van der Waals surface area contributed by atoms with Gasteiger partial charge in [0.15, 0.2) is 0 Å². The summed E-state index contributed by atoms with van der Waals surface area (Å²) < 4.78 is 35.2. The Labute approximate surface area is 280 Å². The van der Waals surface area contributed by atoms with E-state index >= 15 is 0 Å². The number of carbonyl (C=O) groups is 2. The zero-order valence-corrected chi connectivity index (χ0v) is 28.4. The second kappa shape index (κ2) is 15.5. The molecule has 8 nitrogen and oxygen atoms in total. The van der Waals surface area contributed by atoms with Crippen LogP contribution in [0.3, 0.4) is 0 Å². The maximum absolute atomic E-state index is 14.2. The summed E-state index contributed by atoms with van der Waals surface area (Å²) in [4.78, 5) is 28.8. The zero-order valence-electron chi connectivity index (χ0n) is 26.1. The number of nitrogens with zero attached hydrogens (tertiary/aromatic N) is 2. The Morgan fingerprint density at radius 2 is 1.41 bits per heavy atom. The molecule has 4 rings (SSSR count). The van der Waals surface area contributed by atoms with Crippen molar-refractivity contribution in [2.24, 2.45) is 0 Å². The van der Waals surface area contributed by atoms with Crippen molar-refractivity contribution in [2.75, 3.05) is 10.8 Å². The minimum absolute atomic E-state index is 0.0128. The minimum Gasteiger partial charge on any atom is -0.457 e. The molecule has 0 saturated heterocycles. The molecule has 1 N–H and O–H groups in total. The number of rotatable bonds is 13. The van der Waals surface area contributed by atoms with Crippen LogP contribution in [0.2, 0.25) is 10.0 Å². The van der Waals surface area contributed by atoms with E-state index in [1.165, 1.54) is 17.0 Å². The van der Waals surface area contributed by atoms with Crippen LogP contribution in [0.4, 0.5) is 5.69 Å². The molecule has 0 aliphatic rings. The fourth-order valence-corrected chi connectivity index (χ4v) is 6.50. The van der Waals surface area contributed by atoms with Crippen molar-refractivity contribution < 1.29 is 22.7 Å². The number of aryl methyl sites for hydroxylation is 1. The number of nitrogens with one attached hydrogen (secondary N) is 1. The number of hydrogen-bond acceptors (Lipinski definition) is 5. The fourth-order valence-electron chi connectivity index (χ4n) is 4.57. The molecule has 0 unspecified atom stereocenters. The Kier molecular flexibility index (Phi) is 11.7. The van der Waals surface area contributed by atoms with Crippen molar-refractivity contribution in [3.8, 4) is 11.5 Å². The Balaban J connectivity index is 1.73. The SMILES string of the molecule is CC[C@@H](C)NC(=O)[C@@H](C)N(Cc1c(Cl)cccc1Cl)C(=O)CN(c1ccc(Oc2ccccc2)cc1)S(=O)(=O)c1ccc(C)cc1. The van der Waals surface area contributed by atoms with E-state index in [0.717, 1.165) is 9.87 Å². The topological polar surface area (TPSA) is 96.0 Å². The molecule has 11 heteroatoms. The highest BCUT2D eigenvalue weighted by Crippen LogP contribution is 2.30. The number of carbonyl (C=O) groups excluding carboxylic acids is 2. The highest BCUT2D eigenvalue weighted by molar-refractivity contribution is 7.92. The molecule has 46 heavy (non-hydrogen) atoms. The largest absolute Gasteiger partial charge is 0.457 e.